The van der Waals surface area contributed by atoms with Gasteiger partial charge < -0.3 is 18.4 Å². The first-order chi connectivity index (χ1) is 26.2. The van der Waals surface area contributed by atoms with E-state index < -0.39 is 0 Å². The molecule has 53 heavy (non-hydrogen) atoms. The van der Waals surface area contributed by atoms with Crippen molar-refractivity contribution in [3.05, 3.63) is 170 Å². The number of rotatable bonds is 3. The fraction of sp³-hybridized carbons (Fsp3) is 0. The second kappa shape index (κ2) is 10.8. The molecule has 8 aromatic carbocycles. The van der Waals surface area contributed by atoms with Crippen molar-refractivity contribution >= 4 is 61.6 Å². The van der Waals surface area contributed by atoms with Gasteiger partial charge in [0.15, 0.2) is 0 Å². The number of aromatic nitrogens is 1. The molecule has 0 bridgehead atoms. The Kier molecular flexibility index (Phi) is 5.83. The summed E-state index contributed by atoms with van der Waals surface area (Å²) in [5.41, 5.74) is 14.0. The quantitative estimate of drug-likeness (QED) is 0.175. The molecule has 4 heterocycles. The van der Waals surface area contributed by atoms with E-state index in [2.05, 4.69) is 162 Å². The van der Waals surface area contributed by atoms with Gasteiger partial charge in [0.2, 0.25) is 0 Å². The lowest BCUT2D eigenvalue weighted by Crippen LogP contribution is -2.53. The van der Waals surface area contributed by atoms with Crippen LogP contribution in [0.4, 0.5) is 0 Å². The third-order valence-electron chi connectivity index (χ3n) is 11.1. The van der Waals surface area contributed by atoms with Gasteiger partial charge >= 0.3 is 6.92 Å². The van der Waals surface area contributed by atoms with Crippen LogP contribution in [0.5, 0.6) is 17.2 Å². The third kappa shape index (κ3) is 4.19. The first-order valence-electron chi connectivity index (χ1n) is 18.0. The molecule has 0 N–H and O–H groups in total. The number of fused-ring (bicyclic) bond motifs is 10. The summed E-state index contributed by atoms with van der Waals surface area (Å²) in [6, 6.07) is 60.0. The fourth-order valence-corrected chi connectivity index (χ4v) is 8.63. The summed E-state index contributed by atoms with van der Waals surface area (Å²) in [6.07, 6.45) is 0. The zero-order valence-corrected chi connectivity index (χ0v) is 28.4. The van der Waals surface area contributed by atoms with E-state index in [1.807, 2.05) is 12.1 Å². The van der Waals surface area contributed by atoms with E-state index in [4.69, 9.17) is 13.8 Å². The Morgan fingerprint density at radius 3 is 1.92 bits per heavy atom. The number of furan rings is 1. The highest BCUT2D eigenvalue weighted by Gasteiger charge is 2.40. The molecule has 10 aromatic rings. The monoisotopic (exact) mass is 677 g/mol. The Morgan fingerprint density at radius 2 is 1.08 bits per heavy atom. The number of ether oxygens (including phenoxy) is 1. The minimum atomic E-state index is -0.288. The van der Waals surface area contributed by atoms with Gasteiger partial charge in [-0.3, -0.25) is 0 Å². The highest BCUT2D eigenvalue weighted by atomic mass is 16.5. The molecule has 2 aromatic heterocycles. The van der Waals surface area contributed by atoms with Crippen LogP contribution in [0, 0.1) is 0 Å². The lowest BCUT2D eigenvalue weighted by Gasteiger charge is -2.33. The van der Waals surface area contributed by atoms with Gasteiger partial charge in [-0.2, -0.15) is 0 Å². The third-order valence-corrected chi connectivity index (χ3v) is 11.1. The van der Waals surface area contributed by atoms with Crippen LogP contribution in [-0.2, 0) is 0 Å². The van der Waals surface area contributed by atoms with Crippen LogP contribution in [0.3, 0.4) is 0 Å². The van der Waals surface area contributed by atoms with E-state index in [0.29, 0.717) is 0 Å². The van der Waals surface area contributed by atoms with Crippen molar-refractivity contribution in [1.82, 2.24) is 4.57 Å². The molecular weight excluding hydrogens is 649 g/mol. The summed E-state index contributed by atoms with van der Waals surface area (Å²) in [7, 11) is 0. The highest BCUT2D eigenvalue weighted by Crippen LogP contribution is 2.42. The summed E-state index contributed by atoms with van der Waals surface area (Å²) in [6.45, 7) is -0.288. The number of para-hydroxylation sites is 3. The van der Waals surface area contributed by atoms with Gasteiger partial charge in [0.05, 0.1) is 11.0 Å². The van der Waals surface area contributed by atoms with E-state index in [1.54, 1.807) is 0 Å². The van der Waals surface area contributed by atoms with Crippen molar-refractivity contribution in [2.75, 3.05) is 0 Å². The van der Waals surface area contributed by atoms with Gasteiger partial charge in [-0.05, 0) is 88.5 Å². The molecule has 4 nitrogen and oxygen atoms in total. The lowest BCUT2D eigenvalue weighted by molar-refractivity contribution is 0.479. The highest BCUT2D eigenvalue weighted by molar-refractivity contribution is 6.84. The number of nitrogens with zero attached hydrogens (tertiary/aromatic N) is 1. The van der Waals surface area contributed by atoms with Gasteiger partial charge in [-0.25, -0.2) is 0 Å². The molecular formula is C48H28BNO3. The number of hydrogen-bond donors (Lipinski definition) is 0. The second-order valence-electron chi connectivity index (χ2n) is 14.0. The predicted molar refractivity (Wildman–Crippen MR) is 217 cm³/mol. The van der Waals surface area contributed by atoms with Crippen LogP contribution in [0.2, 0.25) is 0 Å². The zero-order chi connectivity index (χ0) is 34.6. The molecule has 0 aliphatic carbocycles. The van der Waals surface area contributed by atoms with Crippen molar-refractivity contribution in [2.45, 2.75) is 0 Å². The molecule has 2 aliphatic heterocycles. The zero-order valence-electron chi connectivity index (χ0n) is 28.4. The first-order valence-corrected chi connectivity index (χ1v) is 18.0. The summed E-state index contributed by atoms with van der Waals surface area (Å²) < 4.78 is 22.2. The second-order valence-corrected chi connectivity index (χ2v) is 14.0. The molecule has 0 unspecified atom stereocenters. The average molecular weight is 678 g/mol. The predicted octanol–water partition coefficient (Wildman–Crippen LogP) is 11.3. The maximum Gasteiger partial charge on any atom is 0.434 e. The minimum absolute atomic E-state index is 0.288. The van der Waals surface area contributed by atoms with Crippen LogP contribution in [-0.4, -0.2) is 11.5 Å². The van der Waals surface area contributed by atoms with Crippen LogP contribution in [0.25, 0.3) is 82.8 Å². The van der Waals surface area contributed by atoms with Crippen LogP contribution < -0.4 is 20.3 Å². The smallest absolute Gasteiger partial charge is 0.434 e. The Bertz CT molecular complexity index is 3100. The molecule has 0 amide bonds. The van der Waals surface area contributed by atoms with Gasteiger partial charge in [0, 0.05) is 43.7 Å². The standard InChI is InChI=1S/C48H28BNO3/c1-4-15-41-34(11-1)35-12-2-5-16-42(35)50(41)33-10-7-9-29(25-33)32-21-24-40-47(28-32)52-44-18-8-14-39-38-23-20-31(27-46(38)53-49(40)48(39)44)30-19-22-37-36-13-3-6-17-43(36)51-45(37)26-30/h1-28H. The largest absolute Gasteiger partial charge is 0.551 e. The molecule has 0 spiro atoms. The Labute approximate surface area is 305 Å². The molecule has 12 rings (SSSR count). The van der Waals surface area contributed by atoms with Gasteiger partial charge in [0.25, 0.3) is 0 Å². The maximum absolute atomic E-state index is 6.95. The Morgan fingerprint density at radius 1 is 0.415 bits per heavy atom. The molecule has 0 saturated carbocycles. The average Bonchev–Trinajstić information content (AvgIpc) is 3.76. The number of benzene rings is 8. The van der Waals surface area contributed by atoms with Gasteiger partial charge in [0.1, 0.15) is 28.4 Å². The molecule has 0 saturated heterocycles. The summed E-state index contributed by atoms with van der Waals surface area (Å²) in [4.78, 5) is 0. The van der Waals surface area contributed by atoms with Crippen molar-refractivity contribution in [2.24, 2.45) is 0 Å². The van der Waals surface area contributed by atoms with E-state index in [9.17, 15) is 0 Å². The molecule has 246 valence electrons. The SMILES string of the molecule is c1cc(-c2ccc3c(c2)Oc2cccc4c2B3Oc2cc(-c3ccc5c(c3)oc3ccccc35)ccc2-4)cc(-n2c3ccccc3c3ccccc32)c1. The molecule has 0 fully saturated rings. The van der Waals surface area contributed by atoms with Gasteiger partial charge in [-0.1, -0.05) is 109 Å². The van der Waals surface area contributed by atoms with E-state index in [0.717, 1.165) is 89.2 Å². The van der Waals surface area contributed by atoms with Gasteiger partial charge in [-0.15, -0.1) is 0 Å². The fourth-order valence-electron chi connectivity index (χ4n) is 8.63. The van der Waals surface area contributed by atoms with E-state index >= 15 is 0 Å². The van der Waals surface area contributed by atoms with E-state index in [-0.39, 0.29) is 6.92 Å². The molecule has 0 radical (unpaired) electrons. The Hall–Kier alpha value is -6.98. The summed E-state index contributed by atoms with van der Waals surface area (Å²) in [5.74, 6) is 2.51. The van der Waals surface area contributed by atoms with Crippen molar-refractivity contribution in [1.29, 1.82) is 0 Å². The molecule has 0 atom stereocenters. The van der Waals surface area contributed by atoms with Crippen LogP contribution >= 0.6 is 0 Å². The van der Waals surface area contributed by atoms with Crippen LogP contribution in [0.1, 0.15) is 0 Å². The maximum atomic E-state index is 6.95. The van der Waals surface area contributed by atoms with Crippen molar-refractivity contribution in [3.8, 4) is 56.3 Å². The normalized spacial score (nSPS) is 12.8. The topological polar surface area (TPSA) is 36.5 Å². The van der Waals surface area contributed by atoms with E-state index in [1.165, 1.54) is 21.8 Å². The summed E-state index contributed by atoms with van der Waals surface area (Å²) >= 11 is 0. The van der Waals surface area contributed by atoms with Crippen molar-refractivity contribution < 1.29 is 13.8 Å². The first kappa shape index (κ1) is 28.7. The molecule has 5 heteroatoms. The molecule has 2 aliphatic rings. The minimum Gasteiger partial charge on any atom is -0.551 e. The lowest BCUT2D eigenvalue weighted by atomic mass is 9.51. The Balaban J connectivity index is 0.930. The van der Waals surface area contributed by atoms with Crippen LogP contribution in [0.15, 0.2) is 174 Å². The van der Waals surface area contributed by atoms with Crippen molar-refractivity contribution in [3.63, 3.8) is 0 Å². The number of hydrogen-bond acceptors (Lipinski definition) is 3. The summed E-state index contributed by atoms with van der Waals surface area (Å²) in [5, 5.41) is 4.76.